The van der Waals surface area contributed by atoms with Crippen LogP contribution in [0.15, 0.2) is 0 Å². The van der Waals surface area contributed by atoms with Crippen molar-refractivity contribution < 1.29 is 50.3 Å². The first-order valence-electron chi connectivity index (χ1n) is 0. The van der Waals surface area contributed by atoms with Gasteiger partial charge in [0, 0.05) is 69.2 Å². The van der Waals surface area contributed by atoms with Gasteiger partial charge in [-0.15, -0.1) is 0 Å². The molecule has 0 spiro atoms. The molecular weight excluding hydrogens is 180 g/mol. The van der Waals surface area contributed by atoms with Crippen molar-refractivity contribution in [1.82, 2.24) is 0 Å². The molecule has 0 fully saturated rings. The van der Waals surface area contributed by atoms with Crippen molar-refractivity contribution in [3.8, 4) is 0 Å². The van der Waals surface area contributed by atoms with Crippen molar-refractivity contribution in [3.63, 3.8) is 0 Å². The van der Waals surface area contributed by atoms with Gasteiger partial charge >= 0.3 is 0 Å². The van der Waals surface area contributed by atoms with Crippen molar-refractivity contribution in [2.75, 3.05) is 0 Å². The summed E-state index contributed by atoms with van der Waals surface area (Å²) in [5.41, 5.74) is 0. The average molecular weight is 180 g/mol. The maximum Gasteiger partial charge on any atom is 0 e. The summed E-state index contributed by atoms with van der Waals surface area (Å²) in [4.78, 5) is 0. The molecule has 0 atom stereocenters. The summed E-state index contributed by atoms with van der Waals surface area (Å²) in [5.74, 6) is 0. The molecule has 0 aliphatic rings. The second kappa shape index (κ2) is 19.4. The molecule has 4 heteroatoms. The predicted octanol–water partition coefficient (Wildman–Crippen LogP) is -0.388. The van der Waals surface area contributed by atoms with Crippen molar-refractivity contribution in [2.24, 2.45) is 0 Å². The minimum atomic E-state index is 0. The van der Waals surface area contributed by atoms with Crippen molar-refractivity contribution >= 4 is 18.9 Å². The van der Waals surface area contributed by atoms with Gasteiger partial charge in [-0.2, -0.15) is 0 Å². The van der Waals surface area contributed by atoms with Crippen LogP contribution in [0.2, 0.25) is 0 Å². The largest absolute Gasteiger partial charge is 0 e. The summed E-state index contributed by atoms with van der Waals surface area (Å²) in [6.45, 7) is 0. The van der Waals surface area contributed by atoms with Crippen LogP contribution < -0.4 is 0 Å². The molecule has 0 N–H and O–H groups in total. The molecular formula is CoFeLiNi. The molecule has 0 amide bonds. The monoisotopic (exact) mass is 180 g/mol. The molecule has 4 heavy (non-hydrogen) atoms. The maximum absolute atomic E-state index is 0. The van der Waals surface area contributed by atoms with E-state index < -0.39 is 0 Å². The summed E-state index contributed by atoms with van der Waals surface area (Å²) >= 11 is 0. The molecule has 0 nitrogen and oxygen atoms in total. The van der Waals surface area contributed by atoms with E-state index in [1.807, 2.05) is 0 Å². The van der Waals surface area contributed by atoms with E-state index in [2.05, 4.69) is 0 Å². The van der Waals surface area contributed by atoms with E-state index in [-0.39, 0.29) is 69.2 Å². The summed E-state index contributed by atoms with van der Waals surface area (Å²) in [6.07, 6.45) is 0. The molecule has 0 aliphatic heterocycles. The molecule has 0 unspecified atom stereocenters. The smallest absolute Gasteiger partial charge is 0 e. The van der Waals surface area contributed by atoms with Gasteiger partial charge in [-0.25, -0.2) is 0 Å². The van der Waals surface area contributed by atoms with E-state index in [0.717, 1.165) is 0 Å². The van der Waals surface area contributed by atoms with Gasteiger partial charge in [-0.3, -0.25) is 0 Å². The molecule has 0 rings (SSSR count). The quantitative estimate of drug-likeness (QED) is 0.446. The maximum atomic E-state index is 0. The second-order valence-electron chi connectivity index (χ2n) is 0. The molecule has 0 heterocycles. The average Bonchev–Trinajstić information content (AvgIpc) is 0. The van der Waals surface area contributed by atoms with Crippen molar-refractivity contribution in [1.29, 1.82) is 0 Å². The zero-order valence-corrected chi connectivity index (χ0v) is 5.14. The summed E-state index contributed by atoms with van der Waals surface area (Å²) in [5, 5.41) is 0. The Morgan fingerprint density at radius 2 is 1.00 bits per heavy atom. The topological polar surface area (TPSA) is 0 Å². The molecule has 0 aromatic rings. The van der Waals surface area contributed by atoms with Gasteiger partial charge in [0.25, 0.3) is 0 Å². The van der Waals surface area contributed by atoms with E-state index in [0.29, 0.717) is 0 Å². The van der Waals surface area contributed by atoms with Gasteiger partial charge in [-0.05, 0) is 0 Å². The summed E-state index contributed by atoms with van der Waals surface area (Å²) in [6, 6.07) is 0. The first kappa shape index (κ1) is 35.7. The van der Waals surface area contributed by atoms with E-state index >= 15 is 0 Å². The second-order valence-corrected chi connectivity index (χ2v) is 0. The fraction of sp³-hybridized carbons (Fsp3) is 0. The van der Waals surface area contributed by atoms with Crippen LogP contribution in [0.4, 0.5) is 0 Å². The van der Waals surface area contributed by atoms with Gasteiger partial charge in [0.1, 0.15) is 0 Å². The van der Waals surface area contributed by atoms with Crippen LogP contribution in [-0.4, -0.2) is 18.9 Å². The predicted molar refractivity (Wildman–Crippen MR) is 5.75 cm³/mol. The minimum Gasteiger partial charge on any atom is 0 e. The Morgan fingerprint density at radius 1 is 1.00 bits per heavy atom. The minimum absolute atomic E-state index is 0. The zero-order valence-electron chi connectivity index (χ0n) is 2.00. The van der Waals surface area contributed by atoms with Crippen LogP contribution in [0.25, 0.3) is 0 Å². The molecule has 2 radical (unpaired) electrons. The standard InChI is InChI=1S/Co.Fe.Li.Ni. The van der Waals surface area contributed by atoms with E-state index in [1.165, 1.54) is 0 Å². The normalized spacial score (nSPS) is 0. The van der Waals surface area contributed by atoms with Crippen LogP contribution in [0.5, 0.6) is 0 Å². The Morgan fingerprint density at radius 3 is 1.00 bits per heavy atom. The van der Waals surface area contributed by atoms with Crippen LogP contribution in [0.3, 0.4) is 0 Å². The molecule has 0 aromatic heterocycles. The fourth-order valence-corrected chi connectivity index (χ4v) is 0. The molecule has 0 bridgehead atoms. The fourth-order valence-electron chi connectivity index (χ4n) is 0. The third-order valence-corrected chi connectivity index (χ3v) is 0. The zero-order chi connectivity index (χ0) is 0. The van der Waals surface area contributed by atoms with Crippen LogP contribution >= 0.6 is 0 Å². The van der Waals surface area contributed by atoms with E-state index in [1.54, 1.807) is 0 Å². The van der Waals surface area contributed by atoms with Gasteiger partial charge in [-0.1, -0.05) is 0 Å². The van der Waals surface area contributed by atoms with Crippen molar-refractivity contribution in [2.45, 2.75) is 0 Å². The van der Waals surface area contributed by atoms with E-state index in [9.17, 15) is 0 Å². The first-order chi connectivity index (χ1) is 0. The summed E-state index contributed by atoms with van der Waals surface area (Å²) < 4.78 is 0. The SMILES string of the molecule is [Co].[Fe].[Li].[Ni]. The molecule has 28 valence electrons. The summed E-state index contributed by atoms with van der Waals surface area (Å²) in [7, 11) is 0. The molecule has 0 aliphatic carbocycles. The Labute approximate surface area is 68.6 Å². The third-order valence-electron chi connectivity index (χ3n) is 0. The van der Waals surface area contributed by atoms with E-state index in [4.69, 9.17) is 0 Å². The number of hydrogen-bond acceptors (Lipinski definition) is 0. The number of hydrogen-bond donors (Lipinski definition) is 0. The molecule has 0 saturated carbocycles. The Bertz CT molecular complexity index is 8.00. The first-order valence-corrected chi connectivity index (χ1v) is 0. The van der Waals surface area contributed by atoms with Gasteiger partial charge in [0.05, 0.1) is 0 Å². The Balaban J connectivity index is 0. The van der Waals surface area contributed by atoms with Crippen LogP contribution in [0, 0.1) is 0 Å². The molecule has 0 saturated heterocycles. The van der Waals surface area contributed by atoms with Gasteiger partial charge < -0.3 is 0 Å². The van der Waals surface area contributed by atoms with Crippen LogP contribution in [0.1, 0.15) is 0 Å². The van der Waals surface area contributed by atoms with Gasteiger partial charge in [0.15, 0.2) is 0 Å². The van der Waals surface area contributed by atoms with Crippen molar-refractivity contribution in [3.05, 3.63) is 0 Å². The Kier molecular flexibility index (Phi) is 173. The number of rotatable bonds is 0. The Hall–Kier alpha value is 2.12. The van der Waals surface area contributed by atoms with Gasteiger partial charge in [0.2, 0.25) is 0 Å². The third kappa shape index (κ3) is 8.93. The van der Waals surface area contributed by atoms with Crippen LogP contribution in [-0.2, 0) is 50.3 Å². The molecule has 0 aromatic carbocycles.